The van der Waals surface area contributed by atoms with E-state index in [4.69, 9.17) is 4.74 Å². The van der Waals surface area contributed by atoms with Crippen molar-refractivity contribution in [1.82, 2.24) is 14.7 Å². The molecule has 0 radical (unpaired) electrons. The average Bonchev–Trinajstić information content (AvgIpc) is 2.50. The molecule has 0 aliphatic carbocycles. The number of benzene rings is 1. The third-order valence-corrected chi connectivity index (χ3v) is 4.71. The van der Waals surface area contributed by atoms with E-state index < -0.39 is 11.6 Å². The highest BCUT2D eigenvalue weighted by Crippen LogP contribution is 2.23. The van der Waals surface area contributed by atoms with Crippen LogP contribution in [0.4, 0.5) is 8.78 Å². The van der Waals surface area contributed by atoms with Gasteiger partial charge in [0.05, 0.1) is 7.11 Å². The van der Waals surface area contributed by atoms with Crippen molar-refractivity contribution in [2.24, 2.45) is 0 Å². The molecule has 0 amide bonds. The van der Waals surface area contributed by atoms with E-state index in [-0.39, 0.29) is 11.3 Å². The summed E-state index contributed by atoms with van der Waals surface area (Å²) in [6.45, 7) is 6.19. The van der Waals surface area contributed by atoms with Gasteiger partial charge in [-0.2, -0.15) is 0 Å². The van der Waals surface area contributed by atoms with E-state index in [1.807, 2.05) is 0 Å². The summed E-state index contributed by atoms with van der Waals surface area (Å²) in [5.41, 5.74) is 0.137. The number of halogens is 2. The number of hydrogen-bond acceptors (Lipinski definition) is 4. The molecular formula is C16H23F2N3O. The first-order valence-electron chi connectivity index (χ1n) is 7.73. The third kappa shape index (κ3) is 3.24. The predicted molar refractivity (Wildman–Crippen MR) is 81.0 cm³/mol. The molecule has 0 spiro atoms. The van der Waals surface area contributed by atoms with Crippen molar-refractivity contribution in [2.45, 2.75) is 12.6 Å². The molecule has 122 valence electrons. The molecular weight excluding hydrogens is 288 g/mol. The third-order valence-electron chi connectivity index (χ3n) is 4.71. The summed E-state index contributed by atoms with van der Waals surface area (Å²) in [6.07, 6.45) is 0. The summed E-state index contributed by atoms with van der Waals surface area (Å²) in [5.74, 6) is -0.836. The molecule has 1 aromatic rings. The van der Waals surface area contributed by atoms with Crippen molar-refractivity contribution < 1.29 is 13.5 Å². The van der Waals surface area contributed by atoms with Crippen molar-refractivity contribution in [2.75, 3.05) is 53.4 Å². The number of fused-ring (bicyclic) bond motifs is 1. The lowest BCUT2D eigenvalue weighted by molar-refractivity contribution is 0.0168. The molecule has 0 bridgehead atoms. The molecule has 2 aliphatic heterocycles. The summed E-state index contributed by atoms with van der Waals surface area (Å²) >= 11 is 0. The van der Waals surface area contributed by atoms with Crippen LogP contribution in [0.25, 0.3) is 0 Å². The van der Waals surface area contributed by atoms with Crippen molar-refractivity contribution in [3.05, 3.63) is 29.3 Å². The molecule has 2 saturated heterocycles. The molecule has 0 unspecified atom stereocenters. The van der Waals surface area contributed by atoms with Gasteiger partial charge in [-0.1, -0.05) is 0 Å². The highest BCUT2D eigenvalue weighted by atomic mass is 19.1. The van der Waals surface area contributed by atoms with Crippen LogP contribution >= 0.6 is 0 Å². The highest BCUT2D eigenvalue weighted by molar-refractivity contribution is 5.30. The number of likely N-dealkylation sites (N-methyl/N-ethyl adjacent to an activating group) is 1. The van der Waals surface area contributed by atoms with Gasteiger partial charge < -0.3 is 9.64 Å². The topological polar surface area (TPSA) is 19.0 Å². The van der Waals surface area contributed by atoms with E-state index in [2.05, 4.69) is 21.7 Å². The van der Waals surface area contributed by atoms with Crippen molar-refractivity contribution in [1.29, 1.82) is 0 Å². The standard InChI is InChI=1S/C16H23F2N3O/c1-19-3-5-21-6-4-20(10-12(21)9-19)11-14-15(17)7-13(22-2)8-16(14)18/h7-8,12H,3-6,9-11H2,1-2H3/t12-/m0/s1. The van der Waals surface area contributed by atoms with E-state index >= 15 is 0 Å². The molecule has 6 heteroatoms. The monoisotopic (exact) mass is 311 g/mol. The SMILES string of the molecule is COc1cc(F)c(CN2CCN3CCN(C)C[C@H]3C2)c(F)c1. The number of methoxy groups -OCH3 is 1. The van der Waals surface area contributed by atoms with E-state index in [0.717, 1.165) is 39.3 Å². The van der Waals surface area contributed by atoms with Crippen molar-refractivity contribution >= 4 is 0 Å². The van der Waals surface area contributed by atoms with Crippen LogP contribution in [0.5, 0.6) is 5.75 Å². The van der Waals surface area contributed by atoms with Crippen LogP contribution < -0.4 is 4.74 Å². The summed E-state index contributed by atoms with van der Waals surface area (Å²) < 4.78 is 33.1. The van der Waals surface area contributed by atoms with Crippen LogP contribution in [0.2, 0.25) is 0 Å². The molecule has 3 rings (SSSR count). The second-order valence-electron chi connectivity index (χ2n) is 6.26. The molecule has 22 heavy (non-hydrogen) atoms. The van der Waals surface area contributed by atoms with Crippen molar-refractivity contribution in [3.63, 3.8) is 0 Å². The van der Waals surface area contributed by atoms with Crippen LogP contribution in [-0.2, 0) is 6.54 Å². The van der Waals surface area contributed by atoms with Crippen LogP contribution in [0, 0.1) is 11.6 Å². The van der Waals surface area contributed by atoms with E-state index in [0.29, 0.717) is 12.6 Å². The maximum absolute atomic E-state index is 14.1. The fourth-order valence-corrected chi connectivity index (χ4v) is 3.39. The lowest BCUT2D eigenvalue weighted by Crippen LogP contribution is -2.61. The van der Waals surface area contributed by atoms with Gasteiger partial charge in [0.1, 0.15) is 17.4 Å². The Morgan fingerprint density at radius 1 is 1.09 bits per heavy atom. The summed E-state index contributed by atoms with van der Waals surface area (Å²) in [7, 11) is 3.53. The number of rotatable bonds is 3. The lowest BCUT2D eigenvalue weighted by atomic mass is 10.1. The summed E-state index contributed by atoms with van der Waals surface area (Å²) in [5, 5.41) is 0. The van der Waals surface area contributed by atoms with Crippen LogP contribution in [-0.4, -0.2) is 74.2 Å². The number of hydrogen-bond donors (Lipinski definition) is 0. The Labute approximate surface area is 130 Å². The number of ether oxygens (including phenoxy) is 1. The number of nitrogens with zero attached hydrogens (tertiary/aromatic N) is 3. The molecule has 2 heterocycles. The molecule has 0 saturated carbocycles. The van der Waals surface area contributed by atoms with Crippen LogP contribution in [0.15, 0.2) is 12.1 Å². The Kier molecular flexibility index (Phi) is 4.61. The fraction of sp³-hybridized carbons (Fsp3) is 0.625. The predicted octanol–water partition coefficient (Wildman–Crippen LogP) is 1.40. The second-order valence-corrected chi connectivity index (χ2v) is 6.26. The van der Waals surface area contributed by atoms with Gasteiger partial charge in [-0.15, -0.1) is 0 Å². The van der Waals surface area contributed by atoms with Gasteiger partial charge in [-0.05, 0) is 7.05 Å². The van der Waals surface area contributed by atoms with E-state index in [9.17, 15) is 8.78 Å². The molecule has 2 aliphatic rings. The Morgan fingerprint density at radius 2 is 1.77 bits per heavy atom. The Hall–Kier alpha value is -1.24. The van der Waals surface area contributed by atoms with E-state index in [1.165, 1.54) is 19.2 Å². The van der Waals surface area contributed by atoms with Crippen molar-refractivity contribution in [3.8, 4) is 5.75 Å². The summed E-state index contributed by atoms with van der Waals surface area (Å²) in [4.78, 5) is 6.95. The smallest absolute Gasteiger partial charge is 0.134 e. The van der Waals surface area contributed by atoms with Gasteiger partial charge in [0.25, 0.3) is 0 Å². The van der Waals surface area contributed by atoms with E-state index in [1.54, 1.807) is 0 Å². The largest absolute Gasteiger partial charge is 0.497 e. The maximum Gasteiger partial charge on any atom is 0.134 e. The minimum Gasteiger partial charge on any atom is -0.497 e. The zero-order valence-electron chi connectivity index (χ0n) is 13.2. The molecule has 0 aromatic heterocycles. The average molecular weight is 311 g/mol. The molecule has 2 fully saturated rings. The second kappa shape index (κ2) is 6.48. The molecule has 4 nitrogen and oxygen atoms in total. The molecule has 1 atom stereocenters. The fourth-order valence-electron chi connectivity index (χ4n) is 3.39. The van der Waals surface area contributed by atoms with Gasteiger partial charge in [0.15, 0.2) is 0 Å². The van der Waals surface area contributed by atoms with Gasteiger partial charge in [-0.25, -0.2) is 8.78 Å². The Balaban J connectivity index is 1.69. The Bertz CT molecular complexity index is 517. The zero-order valence-corrected chi connectivity index (χ0v) is 13.2. The lowest BCUT2D eigenvalue weighted by Gasteiger charge is -2.46. The first-order valence-corrected chi connectivity index (χ1v) is 7.73. The minimum atomic E-state index is -0.528. The molecule has 1 aromatic carbocycles. The van der Waals surface area contributed by atoms with Gasteiger partial charge >= 0.3 is 0 Å². The van der Waals surface area contributed by atoms with Gasteiger partial charge in [0.2, 0.25) is 0 Å². The first kappa shape index (κ1) is 15.6. The van der Waals surface area contributed by atoms with Gasteiger partial charge in [0, 0.05) is 69.6 Å². The first-order chi connectivity index (χ1) is 10.6. The molecule has 0 N–H and O–H groups in total. The Morgan fingerprint density at radius 3 is 2.45 bits per heavy atom. The highest BCUT2D eigenvalue weighted by Gasteiger charge is 2.31. The number of piperazine rings is 2. The zero-order chi connectivity index (χ0) is 15.7. The van der Waals surface area contributed by atoms with Crippen LogP contribution in [0.3, 0.4) is 0 Å². The quantitative estimate of drug-likeness (QED) is 0.840. The maximum atomic E-state index is 14.1. The minimum absolute atomic E-state index is 0.137. The van der Waals surface area contributed by atoms with Gasteiger partial charge in [-0.3, -0.25) is 9.80 Å². The normalized spacial score (nSPS) is 24.3. The van der Waals surface area contributed by atoms with Crippen LogP contribution in [0.1, 0.15) is 5.56 Å². The summed E-state index contributed by atoms with van der Waals surface area (Å²) in [6, 6.07) is 2.96.